The predicted molar refractivity (Wildman–Crippen MR) is 103 cm³/mol. The van der Waals surface area contributed by atoms with E-state index in [0.29, 0.717) is 13.2 Å². The fourth-order valence-corrected chi connectivity index (χ4v) is 3.16. The van der Waals surface area contributed by atoms with Crippen molar-refractivity contribution in [2.24, 2.45) is 5.41 Å². The van der Waals surface area contributed by atoms with Gasteiger partial charge in [-0.15, -0.1) is 12.4 Å². The van der Waals surface area contributed by atoms with E-state index in [9.17, 15) is 4.79 Å². The van der Waals surface area contributed by atoms with Gasteiger partial charge in [-0.3, -0.25) is 4.79 Å². The van der Waals surface area contributed by atoms with Crippen LogP contribution in [0.1, 0.15) is 31.7 Å². The van der Waals surface area contributed by atoms with Gasteiger partial charge in [-0.2, -0.15) is 0 Å². The lowest BCUT2D eigenvalue weighted by molar-refractivity contribution is -0.136. The summed E-state index contributed by atoms with van der Waals surface area (Å²) in [6.45, 7) is 6.81. The molecule has 0 radical (unpaired) electrons. The first kappa shape index (κ1) is 21.7. The van der Waals surface area contributed by atoms with Gasteiger partial charge in [-0.25, -0.2) is 0 Å². The lowest BCUT2D eigenvalue weighted by Gasteiger charge is -2.35. The number of methoxy groups -OCH3 is 1. The van der Waals surface area contributed by atoms with Crippen LogP contribution in [0.15, 0.2) is 24.3 Å². The highest BCUT2D eigenvalue weighted by atomic mass is 35.5. The van der Waals surface area contributed by atoms with Crippen molar-refractivity contribution in [1.82, 2.24) is 10.6 Å². The molecule has 1 unspecified atom stereocenters. The zero-order chi connectivity index (χ0) is 17.4. The van der Waals surface area contributed by atoms with Crippen molar-refractivity contribution in [1.29, 1.82) is 0 Å². The minimum atomic E-state index is -0.415. The predicted octanol–water partition coefficient (Wildman–Crippen LogP) is 2.71. The molecule has 0 aromatic heterocycles. The summed E-state index contributed by atoms with van der Waals surface area (Å²) in [5.74, 6) is 0.932. The number of carbonyl (C=O) groups excluding carboxylic acids is 1. The number of aryl methyl sites for hydroxylation is 1. The molecule has 1 amide bonds. The summed E-state index contributed by atoms with van der Waals surface area (Å²) < 4.78 is 11.3. The minimum Gasteiger partial charge on any atom is -0.489 e. The minimum absolute atomic E-state index is 0. The van der Waals surface area contributed by atoms with Gasteiger partial charge >= 0.3 is 0 Å². The van der Waals surface area contributed by atoms with Crippen molar-refractivity contribution in [2.75, 3.05) is 33.4 Å². The van der Waals surface area contributed by atoms with Crippen molar-refractivity contribution in [3.05, 3.63) is 29.8 Å². The molecule has 25 heavy (non-hydrogen) atoms. The van der Waals surface area contributed by atoms with Crippen LogP contribution >= 0.6 is 12.4 Å². The second-order valence-electron chi connectivity index (χ2n) is 6.64. The van der Waals surface area contributed by atoms with E-state index >= 15 is 0 Å². The maximum absolute atomic E-state index is 12.8. The van der Waals surface area contributed by atoms with E-state index in [1.807, 2.05) is 31.2 Å². The van der Waals surface area contributed by atoms with E-state index in [0.717, 1.165) is 38.1 Å². The number of halogens is 1. The van der Waals surface area contributed by atoms with Crippen LogP contribution in [-0.4, -0.2) is 45.4 Å². The number of benzene rings is 1. The van der Waals surface area contributed by atoms with Crippen LogP contribution in [0.5, 0.6) is 5.75 Å². The zero-order valence-corrected chi connectivity index (χ0v) is 16.3. The highest BCUT2D eigenvalue weighted by molar-refractivity contribution is 5.85. The molecule has 1 aromatic rings. The monoisotopic (exact) mass is 370 g/mol. The molecule has 1 saturated heterocycles. The number of rotatable bonds is 8. The smallest absolute Gasteiger partial charge is 0.228 e. The zero-order valence-electron chi connectivity index (χ0n) is 15.5. The van der Waals surface area contributed by atoms with Crippen LogP contribution in [0, 0.1) is 12.3 Å². The lowest BCUT2D eigenvalue weighted by atomic mass is 9.78. The summed E-state index contributed by atoms with van der Waals surface area (Å²) >= 11 is 0. The summed E-state index contributed by atoms with van der Waals surface area (Å²) in [4.78, 5) is 12.8. The molecule has 0 aliphatic carbocycles. The lowest BCUT2D eigenvalue weighted by Crippen LogP contribution is -2.51. The van der Waals surface area contributed by atoms with Crippen LogP contribution in [0.3, 0.4) is 0 Å². The van der Waals surface area contributed by atoms with Crippen molar-refractivity contribution in [2.45, 2.75) is 39.2 Å². The molecule has 1 fully saturated rings. The normalized spacial score (nSPS) is 17.2. The topological polar surface area (TPSA) is 59.6 Å². The molecular formula is C19H31ClN2O3. The van der Waals surface area contributed by atoms with E-state index in [4.69, 9.17) is 9.47 Å². The second-order valence-corrected chi connectivity index (χ2v) is 6.64. The Balaban J connectivity index is 0.00000312. The number of nitrogens with one attached hydrogen (secondary N) is 2. The first-order chi connectivity index (χ1) is 11.6. The molecule has 0 spiro atoms. The summed E-state index contributed by atoms with van der Waals surface area (Å²) in [6.07, 6.45) is 2.43. The largest absolute Gasteiger partial charge is 0.489 e. The fraction of sp³-hybridized carbons (Fsp3) is 0.632. The molecule has 142 valence electrons. The average Bonchev–Trinajstić information content (AvgIpc) is 2.59. The van der Waals surface area contributed by atoms with Gasteiger partial charge in [-0.05, 0) is 57.0 Å². The Morgan fingerprint density at radius 3 is 2.68 bits per heavy atom. The van der Waals surface area contributed by atoms with Gasteiger partial charge < -0.3 is 20.1 Å². The van der Waals surface area contributed by atoms with E-state index in [1.54, 1.807) is 7.11 Å². The van der Waals surface area contributed by atoms with Crippen LogP contribution < -0.4 is 15.4 Å². The Labute approximate surface area is 157 Å². The summed E-state index contributed by atoms with van der Waals surface area (Å²) in [6, 6.07) is 8.00. The van der Waals surface area contributed by atoms with Gasteiger partial charge in [0.15, 0.2) is 0 Å². The van der Waals surface area contributed by atoms with Crippen LogP contribution in [0.25, 0.3) is 0 Å². The number of carbonyl (C=O) groups is 1. The number of ether oxygens (including phenoxy) is 2. The first-order valence-electron chi connectivity index (χ1n) is 8.81. The van der Waals surface area contributed by atoms with Crippen molar-refractivity contribution < 1.29 is 14.3 Å². The van der Waals surface area contributed by atoms with Gasteiger partial charge in [0, 0.05) is 7.11 Å². The molecule has 0 saturated carbocycles. The molecule has 1 aromatic carbocycles. The Kier molecular flexibility index (Phi) is 9.25. The van der Waals surface area contributed by atoms with Crippen molar-refractivity contribution >= 4 is 18.3 Å². The van der Waals surface area contributed by atoms with E-state index in [2.05, 4.69) is 17.6 Å². The van der Waals surface area contributed by atoms with Crippen molar-refractivity contribution in [3.63, 3.8) is 0 Å². The number of amides is 1. The first-order valence-corrected chi connectivity index (χ1v) is 8.81. The third-order valence-corrected chi connectivity index (χ3v) is 4.70. The molecule has 6 heteroatoms. The van der Waals surface area contributed by atoms with E-state index in [1.165, 1.54) is 5.56 Å². The molecule has 1 aliphatic heterocycles. The number of piperidine rings is 1. The quantitative estimate of drug-likeness (QED) is 0.738. The molecule has 1 atom stereocenters. The molecule has 0 bridgehead atoms. The van der Waals surface area contributed by atoms with E-state index in [-0.39, 0.29) is 24.4 Å². The van der Waals surface area contributed by atoms with Crippen molar-refractivity contribution in [3.8, 4) is 5.75 Å². The molecule has 2 N–H and O–H groups in total. The van der Waals surface area contributed by atoms with Crippen LogP contribution in [0.2, 0.25) is 0 Å². The average molecular weight is 371 g/mol. The highest BCUT2D eigenvalue weighted by Gasteiger charge is 2.39. The van der Waals surface area contributed by atoms with Crippen LogP contribution in [-0.2, 0) is 9.53 Å². The molecule has 2 rings (SSSR count). The number of hydrogen-bond donors (Lipinski definition) is 2. The van der Waals surface area contributed by atoms with Gasteiger partial charge in [0.2, 0.25) is 5.91 Å². The molecular weight excluding hydrogens is 340 g/mol. The Morgan fingerprint density at radius 2 is 2.08 bits per heavy atom. The summed E-state index contributed by atoms with van der Waals surface area (Å²) in [5.41, 5.74) is 0.752. The number of hydrogen-bond acceptors (Lipinski definition) is 4. The molecule has 1 heterocycles. The SMILES string of the molecule is CCC(CNC(=O)C1(COC)CCNCC1)Oc1cccc(C)c1.Cl. The fourth-order valence-electron chi connectivity index (χ4n) is 3.16. The molecule has 1 aliphatic rings. The van der Waals surface area contributed by atoms with Gasteiger partial charge in [-0.1, -0.05) is 19.1 Å². The Morgan fingerprint density at radius 1 is 1.36 bits per heavy atom. The van der Waals surface area contributed by atoms with Crippen LogP contribution in [0.4, 0.5) is 0 Å². The maximum Gasteiger partial charge on any atom is 0.228 e. The highest BCUT2D eigenvalue weighted by Crippen LogP contribution is 2.29. The maximum atomic E-state index is 12.8. The second kappa shape index (κ2) is 10.6. The summed E-state index contributed by atoms with van der Waals surface area (Å²) in [5, 5.41) is 6.40. The summed E-state index contributed by atoms with van der Waals surface area (Å²) in [7, 11) is 1.66. The standard InChI is InChI=1S/C19H30N2O3.ClH/c1-4-16(24-17-7-5-6-15(2)12-17)13-21-18(22)19(14-23-3)8-10-20-11-9-19;/h5-7,12,16,20H,4,8-11,13-14H2,1-3H3,(H,21,22);1H. The third kappa shape index (κ3) is 6.17. The Bertz CT molecular complexity index is 528. The van der Waals surface area contributed by atoms with Gasteiger partial charge in [0.05, 0.1) is 18.6 Å². The van der Waals surface area contributed by atoms with E-state index < -0.39 is 5.41 Å². The third-order valence-electron chi connectivity index (χ3n) is 4.70. The van der Waals surface area contributed by atoms with Gasteiger partial charge in [0.25, 0.3) is 0 Å². The Hall–Kier alpha value is -1.30. The molecule has 5 nitrogen and oxygen atoms in total. The van der Waals surface area contributed by atoms with Gasteiger partial charge in [0.1, 0.15) is 11.9 Å².